The number of aryl methyl sites for hydroxylation is 1. The Hall–Kier alpha value is -3.39. The van der Waals surface area contributed by atoms with Gasteiger partial charge < -0.3 is 15.4 Å². The van der Waals surface area contributed by atoms with E-state index in [1.807, 2.05) is 25.1 Å². The van der Waals surface area contributed by atoms with Gasteiger partial charge >= 0.3 is 5.97 Å². The lowest BCUT2D eigenvalue weighted by Gasteiger charge is -2.42. The van der Waals surface area contributed by atoms with Crippen molar-refractivity contribution in [1.82, 2.24) is 9.80 Å². The van der Waals surface area contributed by atoms with E-state index in [1.54, 1.807) is 24.3 Å². The van der Waals surface area contributed by atoms with Gasteiger partial charge in [0.15, 0.2) is 6.23 Å². The quantitative estimate of drug-likeness (QED) is 0.300. The smallest absolute Gasteiger partial charge is 0.304 e. The number of hydrogen-bond donors (Lipinski definition) is 1. The van der Waals surface area contributed by atoms with Crippen molar-refractivity contribution in [3.05, 3.63) is 59.2 Å². The normalized spacial score (nSPS) is 18.5. The number of benzene rings is 2. The number of anilines is 2. The van der Waals surface area contributed by atoms with Gasteiger partial charge in [0.1, 0.15) is 0 Å². The van der Waals surface area contributed by atoms with Gasteiger partial charge in [0.2, 0.25) is 0 Å². The van der Waals surface area contributed by atoms with Crippen molar-refractivity contribution in [3.8, 4) is 0 Å². The third kappa shape index (κ3) is 4.85. The van der Waals surface area contributed by atoms with Crippen LogP contribution in [0, 0.1) is 6.92 Å². The number of rotatable bonds is 7. The Labute approximate surface area is 193 Å². The van der Waals surface area contributed by atoms with Crippen molar-refractivity contribution >= 4 is 29.2 Å². The Morgan fingerprint density at radius 1 is 1.03 bits per heavy atom. The number of imide groups is 1. The van der Waals surface area contributed by atoms with Gasteiger partial charge in [-0.25, -0.2) is 0 Å². The Morgan fingerprint density at radius 3 is 2.33 bits per heavy atom. The SMILES string of the molecule is CC(=O)OC1CN(CCCCN2C(=O)c3ccccc3C2=O)CCN1c1ccc(N)c(C)c1. The van der Waals surface area contributed by atoms with E-state index in [2.05, 4.69) is 9.80 Å². The van der Waals surface area contributed by atoms with E-state index in [4.69, 9.17) is 10.5 Å². The molecule has 2 aliphatic heterocycles. The van der Waals surface area contributed by atoms with Gasteiger partial charge in [0.05, 0.1) is 17.7 Å². The second-order valence-corrected chi connectivity index (χ2v) is 8.61. The number of carbonyl (C=O) groups is 3. The molecule has 0 aliphatic carbocycles. The van der Waals surface area contributed by atoms with Crippen LogP contribution in [0.1, 0.15) is 46.0 Å². The van der Waals surface area contributed by atoms with Crippen LogP contribution >= 0.6 is 0 Å². The number of nitrogens with zero attached hydrogens (tertiary/aromatic N) is 3. The number of amides is 2. The van der Waals surface area contributed by atoms with Crippen molar-refractivity contribution < 1.29 is 19.1 Å². The monoisotopic (exact) mass is 450 g/mol. The molecule has 1 saturated heterocycles. The molecule has 2 N–H and O–H groups in total. The van der Waals surface area contributed by atoms with Gasteiger partial charge in [-0.2, -0.15) is 0 Å². The average Bonchev–Trinajstić information content (AvgIpc) is 3.03. The summed E-state index contributed by atoms with van der Waals surface area (Å²) in [5.74, 6) is -0.736. The summed E-state index contributed by atoms with van der Waals surface area (Å²) < 4.78 is 5.63. The summed E-state index contributed by atoms with van der Waals surface area (Å²) in [6, 6.07) is 12.8. The van der Waals surface area contributed by atoms with Crippen LogP contribution in [0.5, 0.6) is 0 Å². The average molecular weight is 451 g/mol. The lowest BCUT2D eigenvalue weighted by molar-refractivity contribution is -0.148. The van der Waals surface area contributed by atoms with E-state index < -0.39 is 0 Å². The molecule has 4 rings (SSSR count). The molecule has 0 aromatic heterocycles. The fraction of sp³-hybridized carbons (Fsp3) is 0.400. The molecule has 1 atom stereocenters. The molecule has 33 heavy (non-hydrogen) atoms. The van der Waals surface area contributed by atoms with Crippen LogP contribution < -0.4 is 10.6 Å². The summed E-state index contributed by atoms with van der Waals surface area (Å²) in [4.78, 5) is 42.4. The Kier molecular flexibility index (Phi) is 6.65. The lowest BCUT2D eigenvalue weighted by atomic mass is 10.1. The minimum absolute atomic E-state index is 0.210. The number of unbranched alkanes of at least 4 members (excludes halogenated alkanes) is 1. The van der Waals surface area contributed by atoms with Crippen molar-refractivity contribution in [2.45, 2.75) is 32.9 Å². The minimum Gasteiger partial charge on any atom is -0.440 e. The second kappa shape index (κ2) is 9.62. The van der Waals surface area contributed by atoms with Gasteiger partial charge in [0.25, 0.3) is 11.8 Å². The molecule has 174 valence electrons. The number of piperazine rings is 1. The van der Waals surface area contributed by atoms with Crippen LogP contribution in [0.3, 0.4) is 0 Å². The van der Waals surface area contributed by atoms with Crippen LogP contribution in [-0.4, -0.2) is 66.5 Å². The Bertz CT molecular complexity index is 1040. The summed E-state index contributed by atoms with van der Waals surface area (Å²) in [6.07, 6.45) is 1.18. The number of ether oxygens (including phenoxy) is 1. The molecule has 8 nitrogen and oxygen atoms in total. The van der Waals surface area contributed by atoms with Crippen LogP contribution in [0.2, 0.25) is 0 Å². The number of esters is 1. The molecular weight excluding hydrogens is 420 g/mol. The fourth-order valence-corrected chi connectivity index (χ4v) is 4.48. The predicted octanol–water partition coefficient (Wildman–Crippen LogP) is 2.66. The molecule has 2 aliphatic rings. The highest BCUT2D eigenvalue weighted by atomic mass is 16.6. The molecule has 0 saturated carbocycles. The topological polar surface area (TPSA) is 96.2 Å². The standard InChI is InChI=1S/C25H30N4O4/c1-17-15-19(9-10-22(17)26)28-14-13-27(16-23(28)33-18(2)30)11-5-6-12-29-24(31)20-7-3-4-8-21(20)25(29)32/h3-4,7-10,15,23H,5-6,11-14,16,26H2,1-2H3. The Balaban J connectivity index is 1.31. The Morgan fingerprint density at radius 2 is 1.70 bits per heavy atom. The summed E-state index contributed by atoms with van der Waals surface area (Å²) in [5.41, 5.74) is 9.64. The third-order valence-electron chi connectivity index (χ3n) is 6.29. The van der Waals surface area contributed by atoms with Crippen molar-refractivity contribution in [2.75, 3.05) is 43.4 Å². The first kappa shape index (κ1) is 22.8. The summed E-state index contributed by atoms with van der Waals surface area (Å²) in [5, 5.41) is 0. The zero-order chi connectivity index (χ0) is 23.5. The molecule has 1 unspecified atom stereocenters. The zero-order valence-electron chi connectivity index (χ0n) is 19.1. The van der Waals surface area contributed by atoms with Gasteiger partial charge in [-0.05, 0) is 62.2 Å². The van der Waals surface area contributed by atoms with E-state index in [0.29, 0.717) is 24.2 Å². The number of carbonyl (C=O) groups excluding carboxylic acids is 3. The molecule has 0 spiro atoms. The summed E-state index contributed by atoms with van der Waals surface area (Å²) >= 11 is 0. The first-order valence-corrected chi connectivity index (χ1v) is 11.3. The molecule has 0 bridgehead atoms. The van der Waals surface area contributed by atoms with Crippen LogP contribution in [0.25, 0.3) is 0 Å². The predicted molar refractivity (Wildman–Crippen MR) is 126 cm³/mol. The van der Waals surface area contributed by atoms with Crippen LogP contribution in [0.4, 0.5) is 11.4 Å². The first-order valence-electron chi connectivity index (χ1n) is 11.3. The highest BCUT2D eigenvalue weighted by Gasteiger charge is 2.34. The van der Waals surface area contributed by atoms with E-state index in [-0.39, 0.29) is 24.0 Å². The van der Waals surface area contributed by atoms with Crippen molar-refractivity contribution in [1.29, 1.82) is 0 Å². The minimum atomic E-state index is -0.379. The van der Waals surface area contributed by atoms with Gasteiger partial charge in [0, 0.05) is 37.9 Å². The van der Waals surface area contributed by atoms with E-state index >= 15 is 0 Å². The summed E-state index contributed by atoms with van der Waals surface area (Å²) in [7, 11) is 0. The number of nitrogen functional groups attached to an aromatic ring is 1. The molecule has 2 aromatic carbocycles. The van der Waals surface area contributed by atoms with Gasteiger partial charge in [-0.3, -0.25) is 24.2 Å². The molecule has 2 aromatic rings. The van der Waals surface area contributed by atoms with Gasteiger partial charge in [-0.1, -0.05) is 12.1 Å². The maximum absolute atomic E-state index is 12.5. The number of hydrogen-bond acceptors (Lipinski definition) is 7. The zero-order valence-corrected chi connectivity index (χ0v) is 19.1. The van der Waals surface area contributed by atoms with E-state index in [0.717, 1.165) is 49.4 Å². The first-order chi connectivity index (χ1) is 15.8. The molecule has 1 fully saturated rings. The number of fused-ring (bicyclic) bond motifs is 1. The van der Waals surface area contributed by atoms with Crippen LogP contribution in [0.15, 0.2) is 42.5 Å². The second-order valence-electron chi connectivity index (χ2n) is 8.61. The van der Waals surface area contributed by atoms with Crippen LogP contribution in [-0.2, 0) is 9.53 Å². The molecule has 2 heterocycles. The molecule has 2 amide bonds. The van der Waals surface area contributed by atoms with Crippen molar-refractivity contribution in [2.24, 2.45) is 0 Å². The van der Waals surface area contributed by atoms with E-state index in [1.165, 1.54) is 11.8 Å². The molecule has 8 heteroatoms. The highest BCUT2D eigenvalue weighted by molar-refractivity contribution is 6.21. The summed E-state index contributed by atoms with van der Waals surface area (Å²) in [6.45, 7) is 6.74. The largest absolute Gasteiger partial charge is 0.440 e. The number of nitrogens with two attached hydrogens (primary N) is 1. The maximum Gasteiger partial charge on any atom is 0.304 e. The molecule has 0 radical (unpaired) electrons. The lowest BCUT2D eigenvalue weighted by Crippen LogP contribution is -2.55. The molecular formula is C25H30N4O4. The van der Waals surface area contributed by atoms with E-state index in [9.17, 15) is 14.4 Å². The van der Waals surface area contributed by atoms with Crippen molar-refractivity contribution in [3.63, 3.8) is 0 Å². The third-order valence-corrected chi connectivity index (χ3v) is 6.29. The van der Waals surface area contributed by atoms with Gasteiger partial charge in [-0.15, -0.1) is 0 Å². The fourth-order valence-electron chi connectivity index (χ4n) is 4.48. The highest BCUT2D eigenvalue weighted by Crippen LogP contribution is 2.26. The maximum atomic E-state index is 12.5.